The Hall–Kier alpha value is -2.55. The maximum atomic E-state index is 13.4. The van der Waals surface area contributed by atoms with E-state index < -0.39 is 5.82 Å². The lowest BCUT2D eigenvalue weighted by Gasteiger charge is -2.16. The van der Waals surface area contributed by atoms with Gasteiger partial charge in [-0.25, -0.2) is 4.39 Å². The highest BCUT2D eigenvalue weighted by atomic mass is 19.1. The molecule has 0 aromatic heterocycles. The Morgan fingerprint density at radius 2 is 1.71 bits per heavy atom. The van der Waals surface area contributed by atoms with Gasteiger partial charge in [0, 0.05) is 17.8 Å². The average molecular weight is 281 g/mol. The molecule has 0 fully saturated rings. The molecule has 2 nitrogen and oxygen atoms in total. The van der Waals surface area contributed by atoms with Gasteiger partial charge < -0.3 is 10.4 Å². The predicted octanol–water partition coefficient (Wildman–Crippen LogP) is 4.86. The van der Waals surface area contributed by atoms with Crippen LogP contribution in [0, 0.1) is 5.82 Å². The van der Waals surface area contributed by atoms with Crippen molar-refractivity contribution in [3.8, 4) is 5.75 Å². The fourth-order valence-electron chi connectivity index (χ4n) is 2.41. The summed E-state index contributed by atoms with van der Waals surface area (Å²) in [5, 5.41) is 14.8. The number of hydrogen-bond donors (Lipinski definition) is 2. The van der Waals surface area contributed by atoms with Crippen LogP contribution in [0.15, 0.2) is 60.7 Å². The molecule has 2 N–H and O–H groups in total. The van der Waals surface area contributed by atoms with Crippen LogP contribution in [0.5, 0.6) is 5.75 Å². The number of hydrogen-bond acceptors (Lipinski definition) is 2. The second-order valence-electron chi connectivity index (χ2n) is 5.14. The van der Waals surface area contributed by atoms with E-state index in [2.05, 4.69) is 35.6 Å². The average Bonchev–Trinajstić information content (AvgIpc) is 2.50. The van der Waals surface area contributed by atoms with Crippen LogP contribution in [-0.4, -0.2) is 5.11 Å². The first-order valence-electron chi connectivity index (χ1n) is 6.87. The van der Waals surface area contributed by atoms with Gasteiger partial charge in [0.15, 0.2) is 11.6 Å². The Morgan fingerprint density at radius 1 is 0.952 bits per heavy atom. The molecule has 0 heterocycles. The van der Waals surface area contributed by atoms with E-state index in [1.807, 2.05) is 19.1 Å². The van der Waals surface area contributed by atoms with Gasteiger partial charge in [0.2, 0.25) is 0 Å². The van der Waals surface area contributed by atoms with E-state index in [0.717, 1.165) is 5.56 Å². The number of phenols is 1. The van der Waals surface area contributed by atoms with Gasteiger partial charge >= 0.3 is 0 Å². The summed E-state index contributed by atoms with van der Waals surface area (Å²) in [6, 6.07) is 18.8. The van der Waals surface area contributed by atoms with E-state index in [0.29, 0.717) is 5.69 Å². The lowest BCUT2D eigenvalue weighted by molar-refractivity contribution is 0.432. The third kappa shape index (κ3) is 2.82. The maximum Gasteiger partial charge on any atom is 0.166 e. The summed E-state index contributed by atoms with van der Waals surface area (Å²) in [5.74, 6) is -0.954. The van der Waals surface area contributed by atoms with Gasteiger partial charge in [-0.1, -0.05) is 36.4 Å². The van der Waals surface area contributed by atoms with Gasteiger partial charge in [-0.3, -0.25) is 0 Å². The largest absolute Gasteiger partial charge is 0.505 e. The van der Waals surface area contributed by atoms with Crippen molar-refractivity contribution in [3.63, 3.8) is 0 Å². The van der Waals surface area contributed by atoms with E-state index in [1.165, 1.54) is 22.9 Å². The number of rotatable bonds is 3. The molecule has 1 unspecified atom stereocenters. The minimum Gasteiger partial charge on any atom is -0.505 e. The third-order valence-corrected chi connectivity index (χ3v) is 3.60. The molecule has 0 saturated carbocycles. The van der Waals surface area contributed by atoms with Crippen LogP contribution >= 0.6 is 0 Å². The van der Waals surface area contributed by atoms with Crippen molar-refractivity contribution in [1.29, 1.82) is 0 Å². The SMILES string of the molecule is CC(Nc1ccc(O)c(F)c1)c1ccc2ccccc2c1. The highest BCUT2D eigenvalue weighted by Gasteiger charge is 2.08. The molecule has 106 valence electrons. The summed E-state index contributed by atoms with van der Waals surface area (Å²) >= 11 is 0. The van der Waals surface area contributed by atoms with Crippen molar-refractivity contribution in [1.82, 2.24) is 0 Å². The molecule has 0 amide bonds. The van der Waals surface area contributed by atoms with Gasteiger partial charge in [0.1, 0.15) is 0 Å². The minimum atomic E-state index is -0.620. The van der Waals surface area contributed by atoms with Gasteiger partial charge in [0.25, 0.3) is 0 Å². The van der Waals surface area contributed by atoms with Crippen molar-refractivity contribution in [2.45, 2.75) is 13.0 Å². The Balaban J connectivity index is 1.85. The maximum absolute atomic E-state index is 13.4. The van der Waals surface area contributed by atoms with E-state index in [-0.39, 0.29) is 11.8 Å². The van der Waals surface area contributed by atoms with Crippen LogP contribution in [0.2, 0.25) is 0 Å². The number of benzene rings is 3. The van der Waals surface area contributed by atoms with Gasteiger partial charge in [-0.2, -0.15) is 0 Å². The molecule has 3 rings (SSSR count). The van der Waals surface area contributed by atoms with Crippen molar-refractivity contribution in [2.24, 2.45) is 0 Å². The first-order valence-corrected chi connectivity index (χ1v) is 6.87. The van der Waals surface area contributed by atoms with Gasteiger partial charge in [-0.15, -0.1) is 0 Å². The van der Waals surface area contributed by atoms with E-state index in [1.54, 1.807) is 6.07 Å². The Kier molecular flexibility index (Phi) is 3.48. The molecule has 0 saturated heterocycles. The molecule has 0 aliphatic rings. The predicted molar refractivity (Wildman–Crippen MR) is 84.1 cm³/mol. The monoisotopic (exact) mass is 281 g/mol. The molecule has 0 radical (unpaired) electrons. The summed E-state index contributed by atoms with van der Waals surface area (Å²) < 4.78 is 13.4. The van der Waals surface area contributed by atoms with Gasteiger partial charge in [0.05, 0.1) is 0 Å². The highest BCUT2D eigenvalue weighted by molar-refractivity contribution is 5.83. The highest BCUT2D eigenvalue weighted by Crippen LogP contribution is 2.25. The number of anilines is 1. The number of phenolic OH excluding ortho intramolecular Hbond substituents is 1. The van der Waals surface area contributed by atoms with E-state index >= 15 is 0 Å². The Bertz CT molecular complexity index is 785. The summed E-state index contributed by atoms with van der Waals surface area (Å²) in [6.45, 7) is 2.02. The van der Waals surface area contributed by atoms with Crippen LogP contribution in [-0.2, 0) is 0 Å². The molecule has 3 aromatic carbocycles. The molecule has 0 spiro atoms. The summed E-state index contributed by atoms with van der Waals surface area (Å²) in [7, 11) is 0. The van der Waals surface area contributed by atoms with Crippen molar-refractivity contribution in [2.75, 3.05) is 5.32 Å². The number of fused-ring (bicyclic) bond motifs is 1. The zero-order valence-corrected chi connectivity index (χ0v) is 11.7. The summed E-state index contributed by atoms with van der Waals surface area (Å²) in [6.07, 6.45) is 0. The molecule has 1 atom stereocenters. The number of halogens is 1. The normalized spacial score (nSPS) is 12.3. The first-order chi connectivity index (χ1) is 10.1. The van der Waals surface area contributed by atoms with Crippen molar-refractivity contribution >= 4 is 16.5 Å². The van der Waals surface area contributed by atoms with Crippen LogP contribution in [0.4, 0.5) is 10.1 Å². The molecular formula is C18H16FNO. The zero-order valence-electron chi connectivity index (χ0n) is 11.7. The Labute approximate surface area is 122 Å². The molecule has 0 aliphatic carbocycles. The second-order valence-corrected chi connectivity index (χ2v) is 5.14. The van der Waals surface area contributed by atoms with Crippen molar-refractivity contribution < 1.29 is 9.50 Å². The molecule has 0 aliphatic heterocycles. The Morgan fingerprint density at radius 3 is 2.48 bits per heavy atom. The molecule has 3 aromatic rings. The van der Waals surface area contributed by atoms with Crippen LogP contribution in [0.25, 0.3) is 10.8 Å². The van der Waals surface area contributed by atoms with Gasteiger partial charge in [-0.05, 0) is 41.5 Å². The smallest absolute Gasteiger partial charge is 0.166 e. The molecule has 21 heavy (non-hydrogen) atoms. The van der Waals surface area contributed by atoms with Crippen LogP contribution < -0.4 is 5.32 Å². The summed E-state index contributed by atoms with van der Waals surface area (Å²) in [4.78, 5) is 0. The van der Waals surface area contributed by atoms with Crippen LogP contribution in [0.1, 0.15) is 18.5 Å². The zero-order chi connectivity index (χ0) is 14.8. The third-order valence-electron chi connectivity index (χ3n) is 3.60. The standard InChI is InChI=1S/C18H16FNO/c1-12(20-16-8-9-18(21)17(19)11-16)14-7-6-13-4-2-3-5-15(13)10-14/h2-12,20-21H,1H3. The lowest BCUT2D eigenvalue weighted by Crippen LogP contribution is -2.06. The minimum absolute atomic E-state index is 0.0403. The summed E-state index contributed by atoms with van der Waals surface area (Å²) in [5.41, 5.74) is 1.77. The lowest BCUT2D eigenvalue weighted by atomic mass is 10.0. The van der Waals surface area contributed by atoms with E-state index in [4.69, 9.17) is 0 Å². The van der Waals surface area contributed by atoms with Crippen LogP contribution in [0.3, 0.4) is 0 Å². The fraction of sp³-hybridized carbons (Fsp3) is 0.111. The van der Waals surface area contributed by atoms with E-state index in [9.17, 15) is 9.50 Å². The molecule has 0 bridgehead atoms. The number of aromatic hydroxyl groups is 1. The quantitative estimate of drug-likeness (QED) is 0.672. The first kappa shape index (κ1) is 13.4. The fourth-order valence-corrected chi connectivity index (χ4v) is 2.41. The topological polar surface area (TPSA) is 32.3 Å². The number of nitrogens with one attached hydrogen (secondary N) is 1. The molecule has 3 heteroatoms. The molecular weight excluding hydrogens is 265 g/mol. The second kappa shape index (κ2) is 5.44. The van der Waals surface area contributed by atoms with Crippen molar-refractivity contribution in [3.05, 3.63) is 72.0 Å².